The van der Waals surface area contributed by atoms with Gasteiger partial charge in [0.1, 0.15) is 11.5 Å². The Kier molecular flexibility index (Phi) is 2.20. The minimum atomic E-state index is 0.0166. The van der Waals surface area contributed by atoms with E-state index in [1.165, 1.54) is 18.5 Å². The summed E-state index contributed by atoms with van der Waals surface area (Å²) in [5.74, 6) is 0. The molecule has 1 aromatic heterocycles. The van der Waals surface area contributed by atoms with Crippen LogP contribution < -0.4 is 5.23 Å². The van der Waals surface area contributed by atoms with Crippen LogP contribution in [0.2, 0.25) is 5.15 Å². The Morgan fingerprint density at radius 2 is 2.00 bits per heavy atom. The second kappa shape index (κ2) is 3.38. The van der Waals surface area contributed by atoms with Crippen LogP contribution in [0.1, 0.15) is 0 Å². The summed E-state index contributed by atoms with van der Waals surface area (Å²) in [4.78, 5) is 7.75. The van der Waals surface area contributed by atoms with Crippen LogP contribution >= 0.6 is 11.6 Å². The highest BCUT2D eigenvalue weighted by Crippen LogP contribution is 2.23. The molecule has 0 spiro atoms. The minimum Gasteiger partial charge on any atom is -0.264 e. The van der Waals surface area contributed by atoms with Crippen molar-refractivity contribution in [2.75, 3.05) is 5.23 Å². The maximum absolute atomic E-state index is 8.78. The van der Waals surface area contributed by atoms with E-state index in [9.17, 15) is 0 Å². The second-order valence-electron chi connectivity index (χ2n) is 2.66. The van der Waals surface area contributed by atoms with Gasteiger partial charge >= 0.3 is 0 Å². The molecule has 0 atom stereocenters. The molecular formula is C8H6ClN3O2. The average Bonchev–Trinajstić information content (AvgIpc) is 2.18. The summed E-state index contributed by atoms with van der Waals surface area (Å²) in [7, 11) is 0. The first-order valence-electron chi connectivity index (χ1n) is 3.76. The Morgan fingerprint density at radius 3 is 2.71 bits per heavy atom. The molecule has 0 saturated heterocycles. The topological polar surface area (TPSA) is 69.5 Å². The molecule has 0 aliphatic carbocycles. The zero-order valence-corrected chi connectivity index (χ0v) is 7.68. The van der Waals surface area contributed by atoms with Crippen molar-refractivity contribution in [3.63, 3.8) is 0 Å². The van der Waals surface area contributed by atoms with Crippen molar-refractivity contribution in [3.8, 4) is 0 Å². The number of anilines is 1. The summed E-state index contributed by atoms with van der Waals surface area (Å²) in [6.07, 6.45) is 1.35. The number of aromatic nitrogens is 2. The van der Waals surface area contributed by atoms with Crippen molar-refractivity contribution in [1.29, 1.82) is 0 Å². The molecule has 2 aromatic rings. The first-order chi connectivity index (χ1) is 6.68. The van der Waals surface area contributed by atoms with E-state index in [1.807, 2.05) is 0 Å². The molecule has 2 N–H and O–H groups in total. The quantitative estimate of drug-likeness (QED) is 0.557. The SMILES string of the molecule is ON(O)c1ccc2ncnc(Cl)c2c1. The Bertz CT molecular complexity index is 475. The number of benzene rings is 1. The fourth-order valence-electron chi connectivity index (χ4n) is 1.14. The van der Waals surface area contributed by atoms with E-state index in [4.69, 9.17) is 22.0 Å². The van der Waals surface area contributed by atoms with Gasteiger partial charge in [-0.15, -0.1) is 5.23 Å². The number of hydrogen-bond acceptors (Lipinski definition) is 5. The molecule has 6 heteroatoms. The third-order valence-corrected chi connectivity index (χ3v) is 2.10. The molecule has 72 valence electrons. The number of rotatable bonds is 1. The van der Waals surface area contributed by atoms with E-state index in [0.29, 0.717) is 10.9 Å². The average molecular weight is 212 g/mol. The van der Waals surface area contributed by atoms with Gasteiger partial charge in [0.2, 0.25) is 0 Å². The van der Waals surface area contributed by atoms with E-state index in [1.54, 1.807) is 6.07 Å². The summed E-state index contributed by atoms with van der Waals surface area (Å²) in [5, 5.41) is 18.4. The largest absolute Gasteiger partial charge is 0.264 e. The highest BCUT2D eigenvalue weighted by Gasteiger charge is 2.04. The van der Waals surface area contributed by atoms with Crippen LogP contribution in [0.4, 0.5) is 5.69 Å². The molecule has 14 heavy (non-hydrogen) atoms. The van der Waals surface area contributed by atoms with Crippen LogP contribution in [0.25, 0.3) is 10.9 Å². The van der Waals surface area contributed by atoms with Gasteiger partial charge in [-0.05, 0) is 18.2 Å². The Morgan fingerprint density at radius 1 is 1.21 bits per heavy atom. The molecule has 2 rings (SSSR count). The predicted octanol–water partition coefficient (Wildman–Crippen LogP) is 1.87. The monoisotopic (exact) mass is 211 g/mol. The number of fused-ring (bicyclic) bond motifs is 1. The molecule has 0 saturated carbocycles. The lowest BCUT2D eigenvalue weighted by molar-refractivity contribution is 0.0292. The first-order valence-corrected chi connectivity index (χ1v) is 4.14. The molecule has 0 unspecified atom stereocenters. The van der Waals surface area contributed by atoms with Crippen LogP contribution in [-0.4, -0.2) is 20.4 Å². The summed E-state index contributed by atoms with van der Waals surface area (Å²) in [6, 6.07) is 4.61. The van der Waals surface area contributed by atoms with Gasteiger partial charge in [0.25, 0.3) is 0 Å². The van der Waals surface area contributed by atoms with Crippen molar-refractivity contribution in [1.82, 2.24) is 9.97 Å². The zero-order valence-electron chi connectivity index (χ0n) is 6.92. The molecule has 1 aromatic carbocycles. The van der Waals surface area contributed by atoms with Crippen molar-refractivity contribution >= 4 is 28.2 Å². The lowest BCUT2D eigenvalue weighted by Gasteiger charge is -2.08. The summed E-state index contributed by atoms with van der Waals surface area (Å²) < 4.78 is 0. The Labute approximate surface area is 84.1 Å². The van der Waals surface area contributed by atoms with E-state index in [-0.39, 0.29) is 16.1 Å². The maximum Gasteiger partial charge on any atom is 0.140 e. The molecule has 0 aliphatic rings. The van der Waals surface area contributed by atoms with E-state index < -0.39 is 0 Å². The number of hydrogen-bond donors (Lipinski definition) is 2. The third-order valence-electron chi connectivity index (χ3n) is 1.80. The van der Waals surface area contributed by atoms with Crippen molar-refractivity contribution in [2.45, 2.75) is 0 Å². The van der Waals surface area contributed by atoms with Crippen LogP contribution in [0.3, 0.4) is 0 Å². The Balaban J connectivity index is 2.70. The van der Waals surface area contributed by atoms with Crippen molar-refractivity contribution in [3.05, 3.63) is 29.7 Å². The molecule has 5 nitrogen and oxygen atoms in total. The smallest absolute Gasteiger partial charge is 0.140 e. The van der Waals surface area contributed by atoms with Gasteiger partial charge in [0.15, 0.2) is 0 Å². The number of nitrogens with zero attached hydrogens (tertiary/aromatic N) is 3. The standard InChI is InChI=1S/C8H6ClN3O2/c9-8-6-3-5(12(13)14)1-2-7(6)10-4-11-8/h1-4,13-14H. The summed E-state index contributed by atoms with van der Waals surface area (Å²) in [6.45, 7) is 0. The number of halogens is 1. The second-order valence-corrected chi connectivity index (χ2v) is 3.01. The Hall–Kier alpha value is -1.43. The van der Waals surface area contributed by atoms with Crippen molar-refractivity contribution < 1.29 is 10.4 Å². The molecule has 0 radical (unpaired) electrons. The fourth-order valence-corrected chi connectivity index (χ4v) is 1.33. The van der Waals surface area contributed by atoms with E-state index >= 15 is 0 Å². The lowest BCUT2D eigenvalue weighted by atomic mass is 10.2. The normalized spacial score (nSPS) is 10.5. The summed E-state index contributed by atoms with van der Waals surface area (Å²) in [5.41, 5.74) is 0.852. The van der Waals surface area contributed by atoms with Gasteiger partial charge in [-0.3, -0.25) is 10.4 Å². The van der Waals surface area contributed by atoms with E-state index in [0.717, 1.165) is 0 Å². The maximum atomic E-state index is 8.78. The van der Waals surface area contributed by atoms with Crippen LogP contribution in [-0.2, 0) is 0 Å². The van der Waals surface area contributed by atoms with Crippen molar-refractivity contribution in [2.24, 2.45) is 0 Å². The van der Waals surface area contributed by atoms with Crippen LogP contribution in [0.15, 0.2) is 24.5 Å². The van der Waals surface area contributed by atoms with Gasteiger partial charge in [0.05, 0.1) is 11.2 Å². The van der Waals surface area contributed by atoms with E-state index in [2.05, 4.69) is 9.97 Å². The van der Waals surface area contributed by atoms with Gasteiger partial charge in [-0.25, -0.2) is 9.97 Å². The zero-order chi connectivity index (χ0) is 10.1. The van der Waals surface area contributed by atoms with Gasteiger partial charge in [0, 0.05) is 5.39 Å². The highest BCUT2D eigenvalue weighted by atomic mass is 35.5. The summed E-state index contributed by atoms with van der Waals surface area (Å²) >= 11 is 5.80. The molecule has 1 heterocycles. The molecule has 0 amide bonds. The van der Waals surface area contributed by atoms with Crippen LogP contribution in [0.5, 0.6) is 0 Å². The van der Waals surface area contributed by atoms with Gasteiger partial charge in [-0.1, -0.05) is 11.6 Å². The fraction of sp³-hybridized carbons (Fsp3) is 0. The molecule has 0 aliphatic heterocycles. The molecular weight excluding hydrogens is 206 g/mol. The molecule has 0 fully saturated rings. The minimum absolute atomic E-state index is 0.0166. The first kappa shape index (κ1) is 9.14. The lowest BCUT2D eigenvalue weighted by Crippen LogP contribution is -2.10. The predicted molar refractivity (Wildman–Crippen MR) is 50.6 cm³/mol. The third kappa shape index (κ3) is 1.48. The highest BCUT2D eigenvalue weighted by molar-refractivity contribution is 6.34. The van der Waals surface area contributed by atoms with Gasteiger partial charge in [-0.2, -0.15) is 0 Å². The van der Waals surface area contributed by atoms with Gasteiger partial charge < -0.3 is 0 Å². The molecule has 0 bridgehead atoms. The van der Waals surface area contributed by atoms with Crippen LogP contribution in [0, 0.1) is 0 Å².